The van der Waals surface area contributed by atoms with E-state index >= 15 is 0 Å². The van der Waals surface area contributed by atoms with Gasteiger partial charge >= 0.3 is 0 Å². The molecule has 0 fully saturated rings. The number of allylic oxidation sites excluding steroid dienone is 1. The van der Waals surface area contributed by atoms with Gasteiger partial charge in [-0.1, -0.05) is 19.9 Å². The molecule has 0 bridgehead atoms. The molecule has 2 rings (SSSR count). The Morgan fingerprint density at radius 2 is 2.07 bits per heavy atom. The maximum absolute atomic E-state index is 13.0. The van der Waals surface area contributed by atoms with E-state index in [-0.39, 0.29) is 5.78 Å². The Kier molecular flexibility index (Phi) is 1.93. The Hall–Kier alpha value is -1.64. The number of Topliss-reactive ketones (excluding diaryl/α,β-unsaturated/α-hetero) is 1. The maximum atomic E-state index is 13.0. The highest BCUT2D eigenvalue weighted by Crippen LogP contribution is 2.42. The summed E-state index contributed by atoms with van der Waals surface area (Å²) in [6.45, 7) is 3.66. The van der Waals surface area contributed by atoms with Crippen LogP contribution < -0.4 is 0 Å². The van der Waals surface area contributed by atoms with Gasteiger partial charge in [-0.3, -0.25) is 4.79 Å². The lowest BCUT2D eigenvalue weighted by Gasteiger charge is -2.19. The zero-order chi connectivity index (χ0) is 11.2. The molecular weight excluding hydrogens is 195 g/mol. The molecule has 0 saturated heterocycles. The van der Waals surface area contributed by atoms with Gasteiger partial charge in [0.25, 0.3) is 0 Å². The molecule has 0 atom stereocenters. The Labute approximate surface area is 87.0 Å². The molecule has 1 aliphatic rings. The van der Waals surface area contributed by atoms with E-state index in [4.69, 9.17) is 5.11 Å². The number of benzene rings is 1. The number of carbonyl (C=O) groups is 1. The van der Waals surface area contributed by atoms with Crippen molar-refractivity contribution < 1.29 is 14.3 Å². The fourth-order valence-electron chi connectivity index (χ4n) is 2.04. The summed E-state index contributed by atoms with van der Waals surface area (Å²) in [7, 11) is 0. The number of hydrogen-bond acceptors (Lipinski definition) is 2. The minimum absolute atomic E-state index is 0.294. The highest BCUT2D eigenvalue weighted by Gasteiger charge is 2.41. The Bertz CT molecular complexity index is 473. The van der Waals surface area contributed by atoms with Gasteiger partial charge in [0.2, 0.25) is 0 Å². The summed E-state index contributed by atoms with van der Waals surface area (Å²) in [5, 5.41) is 9.04. The minimum Gasteiger partial charge on any atom is -0.515 e. The van der Waals surface area contributed by atoms with Crippen LogP contribution in [0.15, 0.2) is 30.0 Å². The van der Waals surface area contributed by atoms with Crippen LogP contribution in [0.1, 0.15) is 29.8 Å². The first-order valence-corrected chi connectivity index (χ1v) is 4.68. The van der Waals surface area contributed by atoms with Crippen LogP contribution in [0.5, 0.6) is 0 Å². The third kappa shape index (κ3) is 1.19. The smallest absolute Gasteiger partial charge is 0.193 e. The molecule has 0 heterocycles. The molecule has 1 aliphatic carbocycles. The predicted octanol–water partition coefficient (Wildman–Crippen LogP) is 2.74. The molecule has 78 valence electrons. The van der Waals surface area contributed by atoms with Crippen LogP contribution in [-0.4, -0.2) is 10.9 Å². The highest BCUT2D eigenvalue weighted by molar-refractivity contribution is 6.15. The fourth-order valence-corrected chi connectivity index (χ4v) is 2.04. The molecule has 0 radical (unpaired) electrons. The number of ketones is 1. The summed E-state index contributed by atoms with van der Waals surface area (Å²) in [6.07, 6.45) is 0.820. The monoisotopic (exact) mass is 206 g/mol. The van der Waals surface area contributed by atoms with Crippen LogP contribution in [0.3, 0.4) is 0 Å². The molecule has 2 nitrogen and oxygen atoms in total. The zero-order valence-corrected chi connectivity index (χ0v) is 8.54. The molecule has 0 aromatic heterocycles. The molecule has 3 heteroatoms. The number of aliphatic hydroxyl groups excluding tert-OH is 1. The molecule has 15 heavy (non-hydrogen) atoms. The Balaban J connectivity index is 2.74. The van der Waals surface area contributed by atoms with Gasteiger partial charge < -0.3 is 5.11 Å². The van der Waals surface area contributed by atoms with E-state index in [1.165, 1.54) is 12.1 Å². The van der Waals surface area contributed by atoms with E-state index in [0.29, 0.717) is 11.1 Å². The Morgan fingerprint density at radius 3 is 2.67 bits per heavy atom. The molecule has 0 saturated carbocycles. The van der Waals surface area contributed by atoms with Crippen molar-refractivity contribution in [3.8, 4) is 0 Å². The molecular formula is C12H11FO2. The third-order valence-electron chi connectivity index (χ3n) is 2.95. The second-order valence-corrected chi connectivity index (χ2v) is 4.19. The second-order valence-electron chi connectivity index (χ2n) is 4.19. The van der Waals surface area contributed by atoms with Crippen molar-refractivity contribution in [2.24, 2.45) is 0 Å². The fraction of sp³-hybridized carbons (Fsp3) is 0.250. The van der Waals surface area contributed by atoms with E-state index in [2.05, 4.69) is 0 Å². The summed E-state index contributed by atoms with van der Waals surface area (Å²) >= 11 is 0. The lowest BCUT2D eigenvalue weighted by Crippen LogP contribution is -2.16. The number of fused-ring (bicyclic) bond motifs is 1. The molecule has 1 aromatic carbocycles. The topological polar surface area (TPSA) is 37.3 Å². The summed E-state index contributed by atoms with van der Waals surface area (Å²) in [5.74, 6) is -0.728. The molecule has 1 aromatic rings. The molecule has 0 aliphatic heterocycles. The summed E-state index contributed by atoms with van der Waals surface area (Å²) < 4.78 is 13.0. The van der Waals surface area contributed by atoms with Crippen LogP contribution in [0.25, 0.3) is 0 Å². The van der Waals surface area contributed by atoms with Crippen LogP contribution in [0.2, 0.25) is 0 Å². The quantitative estimate of drug-likeness (QED) is 0.523. The van der Waals surface area contributed by atoms with Gasteiger partial charge in [0.15, 0.2) is 5.78 Å². The van der Waals surface area contributed by atoms with E-state index in [9.17, 15) is 9.18 Å². The number of aliphatic hydroxyl groups is 1. The SMILES string of the molecule is CC1(C)C(=CO)C(=O)c2cc(F)ccc21. The van der Waals surface area contributed by atoms with Gasteiger partial charge in [0.1, 0.15) is 5.82 Å². The molecule has 0 spiro atoms. The van der Waals surface area contributed by atoms with Gasteiger partial charge in [-0.05, 0) is 17.7 Å². The number of rotatable bonds is 0. The van der Waals surface area contributed by atoms with Gasteiger partial charge in [-0.15, -0.1) is 0 Å². The standard InChI is InChI=1S/C12H11FO2/c1-12(2)9-4-3-7(13)5-8(9)11(15)10(12)6-14/h3-6,14H,1-2H3. The van der Waals surface area contributed by atoms with Gasteiger partial charge in [-0.25, -0.2) is 4.39 Å². The van der Waals surface area contributed by atoms with Crippen LogP contribution in [0.4, 0.5) is 4.39 Å². The van der Waals surface area contributed by atoms with Crippen molar-refractivity contribution in [2.45, 2.75) is 19.3 Å². The van der Waals surface area contributed by atoms with Gasteiger partial charge in [0, 0.05) is 16.6 Å². The van der Waals surface area contributed by atoms with E-state index < -0.39 is 11.2 Å². The average Bonchev–Trinajstić information content (AvgIpc) is 2.34. The van der Waals surface area contributed by atoms with Gasteiger partial charge in [0.05, 0.1) is 6.26 Å². The third-order valence-corrected chi connectivity index (χ3v) is 2.95. The first-order valence-electron chi connectivity index (χ1n) is 4.68. The summed E-state index contributed by atoms with van der Waals surface area (Å²) in [4.78, 5) is 11.8. The first-order chi connectivity index (χ1) is 6.98. The van der Waals surface area contributed by atoms with E-state index in [1.54, 1.807) is 6.07 Å². The molecule has 1 N–H and O–H groups in total. The lowest BCUT2D eigenvalue weighted by atomic mass is 9.83. The number of carbonyl (C=O) groups excluding carboxylic acids is 1. The lowest BCUT2D eigenvalue weighted by molar-refractivity contribution is 0.103. The predicted molar refractivity (Wildman–Crippen MR) is 54.5 cm³/mol. The van der Waals surface area contributed by atoms with Crippen LogP contribution in [0, 0.1) is 5.82 Å². The molecule has 0 amide bonds. The minimum atomic E-state index is -0.547. The number of hydrogen-bond donors (Lipinski definition) is 1. The summed E-state index contributed by atoms with van der Waals surface area (Å²) in [5.41, 5.74) is 0.868. The normalized spacial score (nSPS) is 20.7. The highest BCUT2D eigenvalue weighted by atomic mass is 19.1. The van der Waals surface area contributed by atoms with Crippen molar-refractivity contribution in [3.05, 3.63) is 47.0 Å². The maximum Gasteiger partial charge on any atom is 0.193 e. The van der Waals surface area contributed by atoms with Crippen molar-refractivity contribution in [1.82, 2.24) is 0 Å². The Morgan fingerprint density at radius 1 is 1.40 bits per heavy atom. The summed E-state index contributed by atoms with van der Waals surface area (Å²) in [6, 6.07) is 4.14. The van der Waals surface area contributed by atoms with E-state index in [1.807, 2.05) is 13.8 Å². The van der Waals surface area contributed by atoms with Crippen molar-refractivity contribution >= 4 is 5.78 Å². The molecule has 0 unspecified atom stereocenters. The largest absolute Gasteiger partial charge is 0.515 e. The van der Waals surface area contributed by atoms with Crippen molar-refractivity contribution in [3.63, 3.8) is 0 Å². The van der Waals surface area contributed by atoms with Crippen LogP contribution >= 0.6 is 0 Å². The van der Waals surface area contributed by atoms with Crippen molar-refractivity contribution in [2.75, 3.05) is 0 Å². The van der Waals surface area contributed by atoms with Gasteiger partial charge in [-0.2, -0.15) is 0 Å². The first kappa shape index (κ1) is 9.90. The zero-order valence-electron chi connectivity index (χ0n) is 8.54. The van der Waals surface area contributed by atoms with Crippen molar-refractivity contribution in [1.29, 1.82) is 0 Å². The number of halogens is 1. The van der Waals surface area contributed by atoms with E-state index in [0.717, 1.165) is 11.8 Å². The van der Waals surface area contributed by atoms with Crippen LogP contribution in [-0.2, 0) is 5.41 Å². The average molecular weight is 206 g/mol. The second kappa shape index (κ2) is 2.92.